The highest BCUT2D eigenvalue weighted by Gasteiger charge is 2.16. The highest BCUT2D eigenvalue weighted by molar-refractivity contribution is 7.80. The Morgan fingerprint density at radius 3 is 2.44 bits per heavy atom. The number of aromatic carboxylic acids is 1. The Hall–Kier alpha value is -2.35. The van der Waals surface area contributed by atoms with Gasteiger partial charge in [-0.2, -0.15) is 0 Å². The second-order valence-electron chi connectivity index (χ2n) is 4.73. The Labute approximate surface area is 158 Å². The summed E-state index contributed by atoms with van der Waals surface area (Å²) < 4.78 is 5.14. The molecule has 0 aliphatic rings. The summed E-state index contributed by atoms with van der Waals surface area (Å²) in [6.45, 7) is 0. The van der Waals surface area contributed by atoms with Crippen molar-refractivity contribution in [3.63, 3.8) is 0 Å². The van der Waals surface area contributed by atoms with Crippen LogP contribution in [0.25, 0.3) is 0 Å². The molecule has 0 fully saturated rings. The van der Waals surface area contributed by atoms with Crippen LogP contribution in [0, 0.1) is 0 Å². The van der Waals surface area contributed by atoms with Gasteiger partial charge in [0.1, 0.15) is 0 Å². The quantitative estimate of drug-likeness (QED) is 0.678. The van der Waals surface area contributed by atoms with E-state index in [2.05, 4.69) is 10.6 Å². The molecule has 9 heteroatoms. The number of rotatable bonds is 4. The molecule has 130 valence electrons. The molecular weight excluding hydrogens is 387 g/mol. The molecule has 0 saturated carbocycles. The molecule has 0 aliphatic heterocycles. The zero-order valence-corrected chi connectivity index (χ0v) is 15.1. The van der Waals surface area contributed by atoms with E-state index in [0.717, 1.165) is 0 Å². The summed E-state index contributed by atoms with van der Waals surface area (Å²) in [7, 11) is 1.37. The Morgan fingerprint density at radius 1 is 1.16 bits per heavy atom. The number of hydrogen-bond acceptors (Lipinski definition) is 4. The van der Waals surface area contributed by atoms with Gasteiger partial charge in [0.15, 0.2) is 10.9 Å². The van der Waals surface area contributed by atoms with Crippen LogP contribution in [-0.2, 0) is 0 Å². The highest BCUT2D eigenvalue weighted by Crippen LogP contribution is 2.34. The van der Waals surface area contributed by atoms with E-state index in [0.29, 0.717) is 0 Å². The molecule has 3 N–H and O–H groups in total. The van der Waals surface area contributed by atoms with Crippen LogP contribution in [0.1, 0.15) is 20.7 Å². The summed E-state index contributed by atoms with van der Waals surface area (Å²) in [5, 5.41) is 14.6. The molecule has 2 rings (SSSR count). The Bertz CT molecular complexity index is 858. The van der Waals surface area contributed by atoms with Crippen LogP contribution in [-0.4, -0.2) is 29.2 Å². The van der Waals surface area contributed by atoms with Gasteiger partial charge in [0.2, 0.25) is 0 Å². The second kappa shape index (κ2) is 8.15. The molecule has 2 aromatic rings. The Kier molecular flexibility index (Phi) is 6.19. The van der Waals surface area contributed by atoms with Crippen LogP contribution < -0.4 is 15.4 Å². The number of methoxy groups -OCH3 is 1. The van der Waals surface area contributed by atoms with E-state index in [1.165, 1.54) is 19.2 Å². The lowest BCUT2D eigenvalue weighted by Gasteiger charge is -2.15. The first-order chi connectivity index (χ1) is 11.8. The van der Waals surface area contributed by atoms with Crippen molar-refractivity contribution in [1.29, 1.82) is 0 Å². The average Bonchev–Trinajstić information content (AvgIpc) is 2.54. The van der Waals surface area contributed by atoms with Crippen molar-refractivity contribution in [3.8, 4) is 5.75 Å². The first kappa shape index (κ1) is 19.0. The fourth-order valence-electron chi connectivity index (χ4n) is 1.99. The van der Waals surface area contributed by atoms with Gasteiger partial charge < -0.3 is 15.2 Å². The summed E-state index contributed by atoms with van der Waals surface area (Å²) >= 11 is 17.1. The molecule has 0 heterocycles. The maximum absolute atomic E-state index is 12.2. The van der Waals surface area contributed by atoms with Crippen molar-refractivity contribution in [2.45, 2.75) is 0 Å². The maximum atomic E-state index is 12.2. The number of carbonyl (C=O) groups is 2. The van der Waals surface area contributed by atoms with Crippen LogP contribution in [0.2, 0.25) is 10.0 Å². The number of benzene rings is 2. The SMILES string of the molecule is COc1c(Cl)cc(C(=O)O)cc1NC(=S)NC(=O)c1ccccc1Cl. The van der Waals surface area contributed by atoms with E-state index in [1.807, 2.05) is 0 Å². The zero-order chi connectivity index (χ0) is 18.6. The van der Waals surface area contributed by atoms with E-state index in [1.54, 1.807) is 24.3 Å². The molecule has 6 nitrogen and oxygen atoms in total. The maximum Gasteiger partial charge on any atom is 0.335 e. The van der Waals surface area contributed by atoms with Crippen molar-refractivity contribution in [2.24, 2.45) is 0 Å². The molecule has 0 aliphatic carbocycles. The first-order valence-electron chi connectivity index (χ1n) is 6.81. The lowest BCUT2D eigenvalue weighted by atomic mass is 10.2. The molecule has 0 saturated heterocycles. The molecular formula is C16H12Cl2N2O4S. The van der Waals surface area contributed by atoms with Gasteiger partial charge >= 0.3 is 5.97 Å². The number of anilines is 1. The fraction of sp³-hybridized carbons (Fsp3) is 0.0625. The number of halogens is 2. The number of carboxylic acids is 1. The number of carboxylic acid groups (broad SMARTS) is 1. The molecule has 0 radical (unpaired) electrons. The van der Waals surface area contributed by atoms with Crippen LogP contribution in [0.3, 0.4) is 0 Å². The minimum atomic E-state index is -1.17. The fourth-order valence-corrected chi connectivity index (χ4v) is 2.71. The molecule has 1 amide bonds. The van der Waals surface area contributed by atoms with Crippen LogP contribution in [0.15, 0.2) is 36.4 Å². The second-order valence-corrected chi connectivity index (χ2v) is 5.95. The smallest absolute Gasteiger partial charge is 0.335 e. The monoisotopic (exact) mass is 398 g/mol. The lowest BCUT2D eigenvalue weighted by molar-refractivity contribution is 0.0696. The predicted octanol–water partition coefficient (Wildman–Crippen LogP) is 3.83. The third kappa shape index (κ3) is 4.60. The van der Waals surface area contributed by atoms with E-state index in [9.17, 15) is 9.59 Å². The third-order valence-corrected chi connectivity index (χ3v) is 3.90. The number of amides is 1. The predicted molar refractivity (Wildman–Crippen MR) is 100 cm³/mol. The highest BCUT2D eigenvalue weighted by atomic mass is 35.5. The largest absolute Gasteiger partial charge is 0.493 e. The van der Waals surface area contributed by atoms with E-state index < -0.39 is 11.9 Å². The van der Waals surface area contributed by atoms with E-state index in [-0.39, 0.29) is 37.7 Å². The lowest BCUT2D eigenvalue weighted by Crippen LogP contribution is -2.34. The topological polar surface area (TPSA) is 87.7 Å². The van der Waals surface area contributed by atoms with Crippen molar-refractivity contribution in [3.05, 3.63) is 57.6 Å². The third-order valence-electron chi connectivity index (χ3n) is 3.09. The van der Waals surface area contributed by atoms with Gasteiger partial charge in [-0.05, 0) is 36.5 Å². The van der Waals surface area contributed by atoms with Gasteiger partial charge in [0.05, 0.1) is 34.0 Å². The van der Waals surface area contributed by atoms with Gasteiger partial charge in [-0.15, -0.1) is 0 Å². The van der Waals surface area contributed by atoms with Crippen LogP contribution in [0.4, 0.5) is 5.69 Å². The van der Waals surface area contributed by atoms with Gasteiger partial charge in [-0.3, -0.25) is 10.1 Å². The van der Waals surface area contributed by atoms with Gasteiger partial charge in [0.25, 0.3) is 5.91 Å². The van der Waals surface area contributed by atoms with Gasteiger partial charge in [-0.1, -0.05) is 35.3 Å². The van der Waals surface area contributed by atoms with E-state index in [4.69, 9.17) is 45.3 Å². The Morgan fingerprint density at radius 2 is 1.84 bits per heavy atom. The standard InChI is InChI=1S/C16H12Cl2N2O4S/c1-24-13-11(18)6-8(15(22)23)7-12(13)19-16(25)20-14(21)9-4-2-3-5-10(9)17/h2-7H,1H3,(H,22,23)(H2,19,20,21,25). The zero-order valence-electron chi connectivity index (χ0n) is 12.8. The van der Waals surface area contributed by atoms with Gasteiger partial charge in [0, 0.05) is 0 Å². The molecule has 25 heavy (non-hydrogen) atoms. The molecule has 0 spiro atoms. The number of hydrogen-bond donors (Lipinski definition) is 3. The van der Waals surface area contributed by atoms with Crippen LogP contribution in [0.5, 0.6) is 5.75 Å². The number of carbonyl (C=O) groups excluding carboxylic acids is 1. The molecule has 2 aromatic carbocycles. The molecule has 0 unspecified atom stereocenters. The summed E-state index contributed by atoms with van der Waals surface area (Å²) in [5.41, 5.74) is 0.392. The minimum Gasteiger partial charge on any atom is -0.493 e. The summed E-state index contributed by atoms with van der Waals surface area (Å²) in [6.07, 6.45) is 0. The van der Waals surface area contributed by atoms with E-state index >= 15 is 0 Å². The average molecular weight is 399 g/mol. The van der Waals surface area contributed by atoms with Crippen molar-refractivity contribution in [1.82, 2.24) is 5.32 Å². The Balaban J connectivity index is 2.21. The first-order valence-corrected chi connectivity index (χ1v) is 7.97. The molecule has 0 atom stereocenters. The van der Waals surface area contributed by atoms with Crippen molar-refractivity contribution in [2.75, 3.05) is 12.4 Å². The number of nitrogens with one attached hydrogen (secondary N) is 2. The molecule has 0 bridgehead atoms. The van der Waals surface area contributed by atoms with Crippen molar-refractivity contribution < 1.29 is 19.4 Å². The normalized spacial score (nSPS) is 10.0. The summed E-state index contributed by atoms with van der Waals surface area (Å²) in [5.74, 6) is -1.48. The van der Waals surface area contributed by atoms with Crippen molar-refractivity contribution >= 4 is 58.1 Å². The summed E-state index contributed by atoms with van der Waals surface area (Å²) in [6, 6.07) is 9.02. The minimum absolute atomic E-state index is 0.0615. The van der Waals surface area contributed by atoms with Crippen LogP contribution >= 0.6 is 35.4 Å². The summed E-state index contributed by atoms with van der Waals surface area (Å²) in [4.78, 5) is 23.3. The molecule has 0 aromatic heterocycles. The number of thiocarbonyl (C=S) groups is 1. The number of ether oxygens (including phenoxy) is 1. The van der Waals surface area contributed by atoms with Gasteiger partial charge in [-0.25, -0.2) is 4.79 Å².